The highest BCUT2D eigenvalue weighted by Gasteiger charge is 2.57. The van der Waals surface area contributed by atoms with Crippen LogP contribution in [0.1, 0.15) is 37.9 Å². The van der Waals surface area contributed by atoms with Crippen molar-refractivity contribution in [3.63, 3.8) is 0 Å². The van der Waals surface area contributed by atoms with E-state index >= 15 is 0 Å². The van der Waals surface area contributed by atoms with Gasteiger partial charge in [0.15, 0.2) is 5.82 Å². The van der Waals surface area contributed by atoms with Gasteiger partial charge in [-0.2, -0.15) is 5.21 Å². The second-order valence-electron chi connectivity index (χ2n) is 7.46. The van der Waals surface area contributed by atoms with Crippen LogP contribution in [-0.2, 0) is 10.2 Å². The predicted molar refractivity (Wildman–Crippen MR) is 85.9 cm³/mol. The lowest BCUT2D eigenvalue weighted by Gasteiger charge is -2.58. The minimum Gasteiger partial charge on any atom is -0.445 e. The van der Waals surface area contributed by atoms with E-state index in [1.54, 1.807) is 12.2 Å². The quantitative estimate of drug-likeness (QED) is 0.689. The number of carbonyl (C=O) groups excluding carboxylic acids is 1. The molecule has 1 aromatic heterocycles. The van der Waals surface area contributed by atoms with Crippen molar-refractivity contribution in [3.05, 3.63) is 18.0 Å². The van der Waals surface area contributed by atoms with E-state index in [-0.39, 0.29) is 24.2 Å². The molecule has 8 heteroatoms. The fourth-order valence-electron chi connectivity index (χ4n) is 5.39. The number of hydrogen-bond donors (Lipinski definition) is 3. The molecule has 4 saturated carbocycles. The number of H-pyrrole nitrogens is 1. The number of ether oxygens (including phenoxy) is 1. The highest BCUT2D eigenvalue weighted by molar-refractivity contribution is 5.67. The van der Waals surface area contributed by atoms with Crippen LogP contribution < -0.4 is 11.1 Å². The number of nitrogens with two attached hydrogens (primary N) is 1. The molecule has 4 fully saturated rings. The van der Waals surface area contributed by atoms with Crippen LogP contribution in [-0.4, -0.2) is 45.9 Å². The first kappa shape index (κ1) is 15.6. The van der Waals surface area contributed by atoms with E-state index in [9.17, 15) is 4.79 Å². The van der Waals surface area contributed by atoms with Gasteiger partial charge < -0.3 is 15.8 Å². The van der Waals surface area contributed by atoms with E-state index in [4.69, 9.17) is 10.5 Å². The number of aromatic amines is 1. The number of carbonyl (C=O) groups is 1. The molecule has 24 heavy (non-hydrogen) atoms. The minimum atomic E-state index is -0.331. The first-order valence-corrected chi connectivity index (χ1v) is 8.72. The molecule has 0 aromatic carbocycles. The van der Waals surface area contributed by atoms with Gasteiger partial charge in [0.2, 0.25) is 0 Å². The van der Waals surface area contributed by atoms with E-state index in [0.29, 0.717) is 24.3 Å². The summed E-state index contributed by atoms with van der Waals surface area (Å²) in [4.78, 5) is 12.1. The van der Waals surface area contributed by atoms with Crippen LogP contribution in [0.2, 0.25) is 0 Å². The van der Waals surface area contributed by atoms with Crippen LogP contribution in [0.3, 0.4) is 0 Å². The molecular weight excluding hydrogens is 308 g/mol. The molecule has 0 aliphatic heterocycles. The van der Waals surface area contributed by atoms with E-state index < -0.39 is 0 Å². The largest absolute Gasteiger partial charge is 0.445 e. The van der Waals surface area contributed by atoms with E-state index in [2.05, 4.69) is 25.9 Å². The summed E-state index contributed by atoms with van der Waals surface area (Å²) in [6.07, 6.45) is 8.77. The standard InChI is InChI=1S/C16H24N6O2/c17-3-1-2-4-24-15(23)18-13-11-5-10-6-12(13)9-16(7-10,8-11)14-19-21-22-20-14/h1-2,10-13H,3-9,17H2,(H,18,23)(H,19,20,21,22)/b2-1+. The number of tetrazole rings is 1. The highest BCUT2D eigenvalue weighted by atomic mass is 16.5. The van der Waals surface area contributed by atoms with Crippen LogP contribution >= 0.6 is 0 Å². The Morgan fingerprint density at radius 3 is 2.79 bits per heavy atom. The summed E-state index contributed by atoms with van der Waals surface area (Å²) in [7, 11) is 0. The average Bonchev–Trinajstić information content (AvgIpc) is 3.10. The zero-order chi connectivity index (χ0) is 16.6. The number of rotatable bonds is 5. The minimum absolute atomic E-state index is 0.0510. The first-order chi connectivity index (χ1) is 11.7. The molecule has 1 heterocycles. The van der Waals surface area contributed by atoms with Gasteiger partial charge in [0.05, 0.1) is 0 Å². The lowest BCUT2D eigenvalue weighted by atomic mass is 9.47. The van der Waals surface area contributed by atoms with E-state index in [0.717, 1.165) is 25.1 Å². The van der Waals surface area contributed by atoms with E-state index in [1.807, 2.05) is 0 Å². The van der Waals surface area contributed by atoms with Crippen LogP contribution in [0.5, 0.6) is 0 Å². The summed E-state index contributed by atoms with van der Waals surface area (Å²) < 4.78 is 5.22. The van der Waals surface area contributed by atoms with Crippen molar-refractivity contribution in [2.24, 2.45) is 23.5 Å². The lowest BCUT2D eigenvalue weighted by molar-refractivity contribution is -0.0374. The second kappa shape index (κ2) is 6.16. The molecule has 5 rings (SSSR count). The molecule has 4 aliphatic rings. The first-order valence-electron chi connectivity index (χ1n) is 8.72. The van der Waals surface area contributed by atoms with Crippen molar-refractivity contribution in [1.82, 2.24) is 25.9 Å². The molecule has 0 saturated heterocycles. The summed E-state index contributed by atoms with van der Waals surface area (Å²) in [5.41, 5.74) is 5.42. The lowest BCUT2D eigenvalue weighted by Crippen LogP contribution is -2.60. The van der Waals surface area contributed by atoms with Gasteiger partial charge in [0.25, 0.3) is 0 Å². The number of nitrogens with zero attached hydrogens (tertiary/aromatic N) is 3. The molecule has 1 amide bonds. The van der Waals surface area contributed by atoms with Crippen molar-refractivity contribution in [1.29, 1.82) is 0 Å². The maximum atomic E-state index is 12.1. The third kappa shape index (κ3) is 2.68. The molecular formula is C16H24N6O2. The monoisotopic (exact) mass is 332 g/mol. The van der Waals surface area contributed by atoms with Crippen molar-refractivity contribution >= 4 is 6.09 Å². The normalized spacial score (nSPS) is 37.0. The molecule has 4 bridgehead atoms. The van der Waals surface area contributed by atoms with Gasteiger partial charge in [-0.05, 0) is 55.9 Å². The fraction of sp³-hybridized carbons (Fsp3) is 0.750. The fourth-order valence-corrected chi connectivity index (χ4v) is 5.39. The van der Waals surface area contributed by atoms with Gasteiger partial charge in [-0.25, -0.2) is 4.79 Å². The second-order valence-corrected chi connectivity index (χ2v) is 7.46. The Morgan fingerprint density at radius 1 is 1.33 bits per heavy atom. The Morgan fingerprint density at radius 2 is 2.12 bits per heavy atom. The van der Waals surface area contributed by atoms with Gasteiger partial charge >= 0.3 is 6.09 Å². The van der Waals surface area contributed by atoms with E-state index in [1.165, 1.54) is 12.8 Å². The number of amides is 1. The maximum Gasteiger partial charge on any atom is 0.407 e. The van der Waals surface area contributed by atoms with Gasteiger partial charge in [-0.1, -0.05) is 11.3 Å². The van der Waals surface area contributed by atoms with Crippen LogP contribution in [0.4, 0.5) is 4.79 Å². The van der Waals surface area contributed by atoms with Crippen molar-refractivity contribution < 1.29 is 9.53 Å². The third-order valence-corrected chi connectivity index (χ3v) is 5.99. The smallest absolute Gasteiger partial charge is 0.407 e. The Hall–Kier alpha value is -1.96. The van der Waals surface area contributed by atoms with Crippen LogP contribution in [0.25, 0.3) is 0 Å². The summed E-state index contributed by atoms with van der Waals surface area (Å²) in [5, 5.41) is 18.0. The Balaban J connectivity index is 1.42. The van der Waals surface area contributed by atoms with Gasteiger partial charge in [-0.15, -0.1) is 10.2 Å². The van der Waals surface area contributed by atoms with Crippen LogP contribution in [0.15, 0.2) is 12.2 Å². The van der Waals surface area contributed by atoms with Crippen molar-refractivity contribution in [2.45, 2.75) is 43.6 Å². The Labute approximate surface area is 140 Å². The number of nitrogens with one attached hydrogen (secondary N) is 2. The summed E-state index contributed by atoms with van der Waals surface area (Å²) in [5.74, 6) is 2.51. The zero-order valence-electron chi connectivity index (χ0n) is 13.6. The summed E-state index contributed by atoms with van der Waals surface area (Å²) in [6.45, 7) is 0.720. The van der Waals surface area contributed by atoms with Crippen molar-refractivity contribution in [2.75, 3.05) is 13.2 Å². The predicted octanol–water partition coefficient (Wildman–Crippen LogP) is 0.887. The molecule has 0 spiro atoms. The van der Waals surface area contributed by atoms with Gasteiger partial charge in [0, 0.05) is 18.0 Å². The van der Waals surface area contributed by atoms with Gasteiger partial charge in [0.1, 0.15) is 6.61 Å². The molecule has 4 aliphatic carbocycles. The SMILES string of the molecule is NC/C=C/COC(=O)NC1C2CC3CC1CC(c1nn[nH]n1)(C3)C2. The molecule has 4 N–H and O–H groups in total. The number of alkyl carbamates (subject to hydrolysis) is 1. The Kier molecular flexibility index (Phi) is 3.99. The maximum absolute atomic E-state index is 12.1. The topological polar surface area (TPSA) is 119 Å². The molecule has 0 radical (unpaired) electrons. The third-order valence-electron chi connectivity index (χ3n) is 5.99. The molecule has 2 unspecified atom stereocenters. The number of hydrogen-bond acceptors (Lipinski definition) is 6. The van der Waals surface area contributed by atoms with Crippen LogP contribution in [0, 0.1) is 17.8 Å². The zero-order valence-corrected chi connectivity index (χ0v) is 13.6. The summed E-state index contributed by atoms with van der Waals surface area (Å²) in [6, 6.07) is 0.201. The van der Waals surface area contributed by atoms with Crippen molar-refractivity contribution in [3.8, 4) is 0 Å². The molecule has 8 nitrogen and oxygen atoms in total. The Bertz CT molecular complexity index is 600. The molecule has 1 aromatic rings. The van der Waals surface area contributed by atoms with Gasteiger partial charge in [-0.3, -0.25) is 0 Å². The molecule has 2 atom stereocenters. The highest BCUT2D eigenvalue weighted by Crippen LogP contribution is 2.60. The average molecular weight is 332 g/mol. The number of aromatic nitrogens is 4. The summed E-state index contributed by atoms with van der Waals surface area (Å²) >= 11 is 0. The molecule has 130 valence electrons.